The predicted octanol–water partition coefficient (Wildman–Crippen LogP) is 7.10. The summed E-state index contributed by atoms with van der Waals surface area (Å²) >= 11 is 0. The molecule has 0 unspecified atom stereocenters. The Morgan fingerprint density at radius 2 is 1.08 bits per heavy atom. The first-order valence-corrected chi connectivity index (χ1v) is 8.79. The second-order valence-corrected chi connectivity index (χ2v) is 6.93. The van der Waals surface area contributed by atoms with Crippen LogP contribution >= 0.6 is 0 Å². The third-order valence-electron chi connectivity index (χ3n) is 4.92. The summed E-state index contributed by atoms with van der Waals surface area (Å²) in [5.41, 5.74) is 9.10. The van der Waals surface area contributed by atoms with Crippen molar-refractivity contribution in [3.63, 3.8) is 0 Å². The number of aryl methyl sites for hydroxylation is 3. The summed E-state index contributed by atoms with van der Waals surface area (Å²) in [4.78, 5) is 0. The zero-order chi connectivity index (χ0) is 17.4. The highest BCUT2D eigenvalue weighted by Crippen LogP contribution is 2.37. The highest BCUT2D eigenvalue weighted by Gasteiger charge is 2.11. The highest BCUT2D eigenvalue weighted by atomic mass is 14.2. The topological polar surface area (TPSA) is 0 Å². The summed E-state index contributed by atoms with van der Waals surface area (Å²) < 4.78 is 0. The molecule has 0 saturated heterocycles. The molecule has 0 aliphatic rings. The van der Waals surface area contributed by atoms with E-state index in [9.17, 15) is 0 Å². The molecular weight excluding hydrogens is 300 g/mol. The van der Waals surface area contributed by atoms with Crippen molar-refractivity contribution < 1.29 is 0 Å². The van der Waals surface area contributed by atoms with E-state index in [2.05, 4.69) is 99.6 Å². The van der Waals surface area contributed by atoms with Crippen LogP contribution in [0.2, 0.25) is 0 Å². The maximum atomic E-state index is 2.34. The van der Waals surface area contributed by atoms with Gasteiger partial charge in [-0.15, -0.1) is 0 Å². The van der Waals surface area contributed by atoms with E-state index in [1.54, 1.807) is 0 Å². The largest absolute Gasteiger partial charge is 0.0616 e. The minimum Gasteiger partial charge on any atom is -0.0616 e. The molecule has 0 saturated carbocycles. The van der Waals surface area contributed by atoms with Gasteiger partial charge in [0.2, 0.25) is 0 Å². The predicted molar refractivity (Wildman–Crippen MR) is 109 cm³/mol. The average molecular weight is 322 g/mol. The molecule has 0 atom stereocenters. The van der Waals surface area contributed by atoms with E-state index in [1.807, 2.05) is 0 Å². The Labute approximate surface area is 149 Å². The molecule has 0 spiro atoms. The summed E-state index contributed by atoms with van der Waals surface area (Å²) in [7, 11) is 0. The van der Waals surface area contributed by atoms with Crippen molar-refractivity contribution in [1.29, 1.82) is 0 Å². The van der Waals surface area contributed by atoms with E-state index < -0.39 is 0 Å². The van der Waals surface area contributed by atoms with Gasteiger partial charge in [0.1, 0.15) is 0 Å². The number of hydrogen-bond donors (Lipinski definition) is 0. The quantitative estimate of drug-likeness (QED) is 0.369. The monoisotopic (exact) mass is 322 g/mol. The Morgan fingerprint density at radius 1 is 0.480 bits per heavy atom. The average Bonchev–Trinajstić information content (AvgIpc) is 2.61. The fraction of sp³-hybridized carbons (Fsp3) is 0.120. The molecule has 4 rings (SSSR count). The van der Waals surface area contributed by atoms with Crippen molar-refractivity contribution >= 4 is 10.8 Å². The van der Waals surface area contributed by atoms with Crippen molar-refractivity contribution in [3.05, 3.63) is 95.6 Å². The Kier molecular flexibility index (Phi) is 3.89. The number of rotatable bonds is 2. The molecule has 4 aromatic carbocycles. The van der Waals surface area contributed by atoms with Crippen LogP contribution in [0.3, 0.4) is 0 Å². The number of benzene rings is 4. The molecule has 0 aromatic heterocycles. The van der Waals surface area contributed by atoms with E-state index in [-0.39, 0.29) is 0 Å². The minimum absolute atomic E-state index is 1.27. The van der Waals surface area contributed by atoms with E-state index in [1.165, 1.54) is 49.7 Å². The van der Waals surface area contributed by atoms with Crippen LogP contribution in [0.4, 0.5) is 0 Å². The van der Waals surface area contributed by atoms with Crippen molar-refractivity contribution in [2.45, 2.75) is 20.8 Å². The van der Waals surface area contributed by atoms with E-state index in [4.69, 9.17) is 0 Å². The molecule has 0 aliphatic heterocycles. The lowest BCUT2D eigenvalue weighted by atomic mass is 9.89. The second kappa shape index (κ2) is 6.22. The molecule has 0 nitrogen and oxygen atoms in total. The standard InChI is InChI=1S/C25H22/c1-17-8-11-20(12-9-17)24-15-21-6-4-5-7-22(21)16-25(24)23-13-10-18(2)14-19(23)3/h4-16H,1-3H3. The Morgan fingerprint density at radius 3 is 1.72 bits per heavy atom. The van der Waals surface area contributed by atoms with E-state index >= 15 is 0 Å². The van der Waals surface area contributed by atoms with Crippen LogP contribution in [0.1, 0.15) is 16.7 Å². The maximum Gasteiger partial charge on any atom is -0.00964 e. The van der Waals surface area contributed by atoms with Crippen molar-refractivity contribution in [2.75, 3.05) is 0 Å². The van der Waals surface area contributed by atoms with E-state index in [0.717, 1.165) is 0 Å². The van der Waals surface area contributed by atoms with Crippen LogP contribution in [-0.4, -0.2) is 0 Å². The third-order valence-corrected chi connectivity index (χ3v) is 4.92. The summed E-state index contributed by atoms with van der Waals surface area (Å²) in [5, 5.41) is 2.57. The molecule has 0 radical (unpaired) electrons. The van der Waals surface area contributed by atoms with Crippen molar-refractivity contribution in [3.8, 4) is 22.3 Å². The van der Waals surface area contributed by atoms with Crippen molar-refractivity contribution in [2.24, 2.45) is 0 Å². The normalized spacial score (nSPS) is 11.0. The van der Waals surface area contributed by atoms with Gasteiger partial charge in [-0.1, -0.05) is 77.9 Å². The van der Waals surface area contributed by atoms with Gasteiger partial charge < -0.3 is 0 Å². The second-order valence-electron chi connectivity index (χ2n) is 6.93. The van der Waals surface area contributed by atoms with Crippen LogP contribution in [0.15, 0.2) is 78.9 Å². The Hall–Kier alpha value is -2.86. The first kappa shape index (κ1) is 15.7. The van der Waals surface area contributed by atoms with Crippen molar-refractivity contribution in [1.82, 2.24) is 0 Å². The lowest BCUT2D eigenvalue weighted by molar-refractivity contribution is 1.38. The smallest absolute Gasteiger partial charge is 0.00964 e. The zero-order valence-corrected chi connectivity index (χ0v) is 15.0. The molecule has 0 heterocycles. The SMILES string of the molecule is Cc1ccc(-c2cc3ccccc3cc2-c2ccc(C)cc2C)cc1. The Bertz CT molecular complexity index is 1050. The molecule has 25 heavy (non-hydrogen) atoms. The summed E-state index contributed by atoms with van der Waals surface area (Å²) in [6.07, 6.45) is 0. The fourth-order valence-corrected chi connectivity index (χ4v) is 3.55. The summed E-state index contributed by atoms with van der Waals surface area (Å²) in [6.45, 7) is 6.49. The summed E-state index contributed by atoms with van der Waals surface area (Å²) in [5.74, 6) is 0. The van der Waals surface area contributed by atoms with Gasteiger partial charge in [-0.2, -0.15) is 0 Å². The molecule has 4 aromatic rings. The van der Waals surface area contributed by atoms with Gasteiger partial charge in [-0.3, -0.25) is 0 Å². The fourth-order valence-electron chi connectivity index (χ4n) is 3.55. The molecular formula is C25H22. The Balaban J connectivity index is 2.03. The molecule has 0 N–H and O–H groups in total. The minimum atomic E-state index is 1.27. The lowest BCUT2D eigenvalue weighted by Gasteiger charge is -2.15. The van der Waals surface area contributed by atoms with Crippen LogP contribution in [0, 0.1) is 20.8 Å². The molecule has 122 valence electrons. The first-order valence-electron chi connectivity index (χ1n) is 8.79. The van der Waals surface area contributed by atoms with Gasteiger partial charge in [-0.05, 0) is 71.5 Å². The van der Waals surface area contributed by atoms with Gasteiger partial charge in [0.05, 0.1) is 0 Å². The number of fused-ring (bicyclic) bond motifs is 1. The van der Waals surface area contributed by atoms with Gasteiger partial charge in [0.15, 0.2) is 0 Å². The van der Waals surface area contributed by atoms with Gasteiger partial charge in [0, 0.05) is 0 Å². The van der Waals surface area contributed by atoms with Gasteiger partial charge in [0.25, 0.3) is 0 Å². The lowest BCUT2D eigenvalue weighted by Crippen LogP contribution is -1.90. The van der Waals surface area contributed by atoms with Gasteiger partial charge in [-0.25, -0.2) is 0 Å². The number of hydrogen-bond acceptors (Lipinski definition) is 0. The van der Waals surface area contributed by atoms with Crippen LogP contribution in [0.5, 0.6) is 0 Å². The third kappa shape index (κ3) is 2.96. The van der Waals surface area contributed by atoms with E-state index in [0.29, 0.717) is 0 Å². The van der Waals surface area contributed by atoms with Crippen LogP contribution < -0.4 is 0 Å². The maximum absolute atomic E-state index is 2.34. The molecule has 0 amide bonds. The van der Waals surface area contributed by atoms with Crippen LogP contribution in [-0.2, 0) is 0 Å². The van der Waals surface area contributed by atoms with Gasteiger partial charge >= 0.3 is 0 Å². The molecule has 0 aliphatic carbocycles. The molecule has 0 fully saturated rings. The summed E-state index contributed by atoms with van der Waals surface area (Å²) in [6, 6.07) is 28.8. The molecule has 0 bridgehead atoms. The van der Waals surface area contributed by atoms with Crippen LogP contribution in [0.25, 0.3) is 33.0 Å². The highest BCUT2D eigenvalue weighted by molar-refractivity contribution is 5.97. The molecule has 0 heteroatoms. The zero-order valence-electron chi connectivity index (χ0n) is 15.0. The first-order chi connectivity index (χ1) is 12.1.